The van der Waals surface area contributed by atoms with E-state index in [1.807, 2.05) is 32.0 Å². The third kappa shape index (κ3) is 6.60. The van der Waals surface area contributed by atoms with Crippen molar-refractivity contribution in [1.29, 1.82) is 0 Å². The minimum absolute atomic E-state index is 0.0891. The van der Waals surface area contributed by atoms with E-state index in [1.165, 1.54) is 6.92 Å². The Hall–Kier alpha value is -2.04. The van der Waals surface area contributed by atoms with E-state index in [-0.39, 0.29) is 29.7 Å². The quantitative estimate of drug-likeness (QED) is 0.806. The molecule has 0 aliphatic carbocycles. The molecule has 0 saturated heterocycles. The van der Waals surface area contributed by atoms with Crippen molar-refractivity contribution in [3.63, 3.8) is 0 Å². The molecule has 0 aromatic heterocycles. The number of nitrogens with one attached hydrogen (secondary N) is 2. The first-order valence-corrected chi connectivity index (χ1v) is 8.34. The van der Waals surface area contributed by atoms with Gasteiger partial charge in [-0.15, -0.1) is 0 Å². The summed E-state index contributed by atoms with van der Waals surface area (Å²) in [7, 11) is 0. The van der Waals surface area contributed by atoms with Gasteiger partial charge in [-0.05, 0) is 30.4 Å². The standard InChI is InChI=1S/C19H30N2O3/c1-13-8-7-9-14(2)18(13)24-12-16(19(4,5)6)21-17(23)10-11-20-15(3)22/h7-9,16H,10-12H2,1-6H3,(H,20,22)(H,21,23). The van der Waals surface area contributed by atoms with Gasteiger partial charge in [-0.3, -0.25) is 9.59 Å². The summed E-state index contributed by atoms with van der Waals surface area (Å²) in [6.45, 7) is 12.4. The Morgan fingerprint density at radius 3 is 2.25 bits per heavy atom. The lowest BCUT2D eigenvalue weighted by Crippen LogP contribution is -2.48. The predicted octanol–water partition coefficient (Wildman–Crippen LogP) is 2.74. The van der Waals surface area contributed by atoms with Crippen molar-refractivity contribution in [2.24, 2.45) is 5.41 Å². The predicted molar refractivity (Wildman–Crippen MR) is 96.1 cm³/mol. The van der Waals surface area contributed by atoms with Gasteiger partial charge in [0.2, 0.25) is 11.8 Å². The molecule has 5 heteroatoms. The van der Waals surface area contributed by atoms with Crippen molar-refractivity contribution in [3.05, 3.63) is 29.3 Å². The highest BCUT2D eigenvalue weighted by Gasteiger charge is 2.27. The number of ether oxygens (including phenoxy) is 1. The molecule has 0 heterocycles. The number of rotatable bonds is 7. The second kappa shape index (κ2) is 8.71. The number of carbonyl (C=O) groups is 2. The van der Waals surface area contributed by atoms with Gasteiger partial charge in [-0.25, -0.2) is 0 Å². The van der Waals surface area contributed by atoms with Crippen molar-refractivity contribution in [2.75, 3.05) is 13.2 Å². The molecule has 1 aromatic carbocycles. The normalized spacial score (nSPS) is 12.4. The molecule has 2 N–H and O–H groups in total. The van der Waals surface area contributed by atoms with Gasteiger partial charge in [0.15, 0.2) is 0 Å². The number of aryl methyl sites for hydroxylation is 2. The van der Waals surface area contributed by atoms with Crippen LogP contribution in [-0.2, 0) is 9.59 Å². The monoisotopic (exact) mass is 334 g/mol. The van der Waals surface area contributed by atoms with Crippen LogP contribution in [0.2, 0.25) is 0 Å². The second-order valence-corrected chi connectivity index (χ2v) is 7.25. The van der Waals surface area contributed by atoms with Gasteiger partial charge in [0.1, 0.15) is 12.4 Å². The lowest BCUT2D eigenvalue weighted by atomic mass is 9.87. The summed E-state index contributed by atoms with van der Waals surface area (Å²) >= 11 is 0. The molecule has 0 radical (unpaired) electrons. The van der Waals surface area contributed by atoms with Gasteiger partial charge in [0, 0.05) is 19.9 Å². The van der Waals surface area contributed by atoms with Crippen LogP contribution in [0.5, 0.6) is 5.75 Å². The first-order chi connectivity index (χ1) is 11.1. The maximum absolute atomic E-state index is 12.1. The smallest absolute Gasteiger partial charge is 0.222 e. The van der Waals surface area contributed by atoms with Crippen LogP contribution in [0.3, 0.4) is 0 Å². The van der Waals surface area contributed by atoms with Crippen molar-refractivity contribution in [1.82, 2.24) is 10.6 Å². The van der Waals surface area contributed by atoms with E-state index < -0.39 is 0 Å². The van der Waals surface area contributed by atoms with Gasteiger partial charge < -0.3 is 15.4 Å². The molecule has 0 saturated carbocycles. The van der Waals surface area contributed by atoms with Crippen molar-refractivity contribution in [3.8, 4) is 5.75 Å². The zero-order valence-electron chi connectivity index (χ0n) is 15.7. The minimum atomic E-state index is -0.139. The summed E-state index contributed by atoms with van der Waals surface area (Å²) in [5.74, 6) is 0.654. The number of amides is 2. The maximum Gasteiger partial charge on any atom is 0.222 e. The number of hydrogen-bond donors (Lipinski definition) is 2. The van der Waals surface area contributed by atoms with E-state index in [0.717, 1.165) is 16.9 Å². The highest BCUT2D eigenvalue weighted by atomic mass is 16.5. The third-order valence-corrected chi connectivity index (χ3v) is 3.91. The lowest BCUT2D eigenvalue weighted by molar-refractivity contribution is -0.123. The van der Waals surface area contributed by atoms with Crippen LogP contribution in [0.4, 0.5) is 0 Å². The Morgan fingerprint density at radius 2 is 1.75 bits per heavy atom. The average Bonchev–Trinajstić information content (AvgIpc) is 2.44. The highest BCUT2D eigenvalue weighted by Crippen LogP contribution is 2.25. The van der Waals surface area contributed by atoms with E-state index in [4.69, 9.17) is 4.74 Å². The SMILES string of the molecule is CC(=O)NCCC(=O)NC(COc1c(C)cccc1C)C(C)(C)C. The van der Waals surface area contributed by atoms with Crippen molar-refractivity contribution >= 4 is 11.8 Å². The molecule has 0 aliphatic heterocycles. The average molecular weight is 334 g/mol. The van der Waals surface area contributed by atoms with Crippen LogP contribution in [0, 0.1) is 19.3 Å². The second-order valence-electron chi connectivity index (χ2n) is 7.25. The van der Waals surface area contributed by atoms with Gasteiger partial charge in [0.25, 0.3) is 0 Å². The molecule has 1 rings (SSSR count). The van der Waals surface area contributed by atoms with Gasteiger partial charge in [-0.2, -0.15) is 0 Å². The fourth-order valence-electron chi connectivity index (χ4n) is 2.32. The minimum Gasteiger partial charge on any atom is -0.491 e. The molecule has 134 valence electrons. The maximum atomic E-state index is 12.1. The number of hydrogen-bond acceptors (Lipinski definition) is 3. The largest absolute Gasteiger partial charge is 0.491 e. The molecule has 0 bridgehead atoms. The van der Waals surface area contributed by atoms with Crippen molar-refractivity contribution < 1.29 is 14.3 Å². The Morgan fingerprint density at radius 1 is 1.17 bits per heavy atom. The van der Waals surface area contributed by atoms with E-state index in [9.17, 15) is 9.59 Å². The van der Waals surface area contributed by atoms with E-state index >= 15 is 0 Å². The van der Waals surface area contributed by atoms with Crippen LogP contribution >= 0.6 is 0 Å². The number of benzene rings is 1. The zero-order valence-corrected chi connectivity index (χ0v) is 15.7. The molecule has 1 aromatic rings. The highest BCUT2D eigenvalue weighted by molar-refractivity contribution is 5.78. The number of carbonyl (C=O) groups excluding carboxylic acids is 2. The van der Waals surface area contributed by atoms with Gasteiger partial charge in [-0.1, -0.05) is 39.0 Å². The van der Waals surface area contributed by atoms with E-state index in [0.29, 0.717) is 13.2 Å². The first kappa shape index (κ1) is 20.0. The molecule has 0 aliphatic rings. The molecule has 0 spiro atoms. The molecule has 24 heavy (non-hydrogen) atoms. The van der Waals surface area contributed by atoms with E-state index in [1.54, 1.807) is 0 Å². The Bertz CT molecular complexity index is 556. The van der Waals surface area contributed by atoms with Crippen LogP contribution < -0.4 is 15.4 Å². The van der Waals surface area contributed by atoms with Crippen LogP contribution in [0.25, 0.3) is 0 Å². The summed E-state index contributed by atoms with van der Waals surface area (Å²) in [6, 6.07) is 5.91. The summed E-state index contributed by atoms with van der Waals surface area (Å²) in [5.41, 5.74) is 2.03. The Kier molecular flexibility index (Phi) is 7.26. The van der Waals surface area contributed by atoms with Gasteiger partial charge >= 0.3 is 0 Å². The van der Waals surface area contributed by atoms with Crippen molar-refractivity contribution in [2.45, 2.75) is 54.0 Å². The summed E-state index contributed by atoms with van der Waals surface area (Å²) in [5, 5.41) is 5.65. The summed E-state index contributed by atoms with van der Waals surface area (Å²) in [6.07, 6.45) is 0.259. The third-order valence-electron chi connectivity index (χ3n) is 3.91. The molecule has 2 amide bonds. The molecule has 5 nitrogen and oxygen atoms in total. The van der Waals surface area contributed by atoms with Crippen LogP contribution in [-0.4, -0.2) is 31.0 Å². The Balaban J connectivity index is 2.66. The Labute approximate surface area is 145 Å². The zero-order chi connectivity index (χ0) is 18.3. The molecular weight excluding hydrogens is 304 g/mol. The van der Waals surface area contributed by atoms with Gasteiger partial charge in [0.05, 0.1) is 6.04 Å². The molecule has 1 unspecified atom stereocenters. The number of para-hydroxylation sites is 1. The van der Waals surface area contributed by atoms with Crippen LogP contribution in [0.15, 0.2) is 18.2 Å². The molecule has 0 fully saturated rings. The molecule has 1 atom stereocenters. The molecular formula is C19H30N2O3. The fraction of sp³-hybridized carbons (Fsp3) is 0.579. The van der Waals surface area contributed by atoms with Crippen LogP contribution in [0.1, 0.15) is 45.2 Å². The topological polar surface area (TPSA) is 67.4 Å². The summed E-state index contributed by atoms with van der Waals surface area (Å²) < 4.78 is 6.02. The van der Waals surface area contributed by atoms with E-state index in [2.05, 4.69) is 31.4 Å². The lowest BCUT2D eigenvalue weighted by Gasteiger charge is -2.32. The summed E-state index contributed by atoms with van der Waals surface area (Å²) in [4.78, 5) is 23.0. The first-order valence-electron chi connectivity index (χ1n) is 8.34. The fourth-order valence-corrected chi connectivity index (χ4v) is 2.32.